The van der Waals surface area contributed by atoms with Crippen molar-refractivity contribution >= 4 is 46.6 Å². The van der Waals surface area contributed by atoms with Gasteiger partial charge in [0.2, 0.25) is 5.91 Å². The molecule has 2 heterocycles. The number of halogens is 2. The molecule has 1 amide bonds. The fourth-order valence-corrected chi connectivity index (χ4v) is 3.02. The van der Waals surface area contributed by atoms with Crippen molar-refractivity contribution in [3.8, 4) is 11.5 Å². The van der Waals surface area contributed by atoms with E-state index in [9.17, 15) is 4.79 Å². The van der Waals surface area contributed by atoms with E-state index >= 15 is 0 Å². The number of aromatic nitrogens is 2. The van der Waals surface area contributed by atoms with Crippen LogP contribution in [0.15, 0.2) is 58.4 Å². The summed E-state index contributed by atoms with van der Waals surface area (Å²) < 4.78 is 5.30. The van der Waals surface area contributed by atoms with Crippen molar-refractivity contribution < 1.29 is 9.21 Å². The maximum absolute atomic E-state index is 12.1. The molecular formula is C16H11Cl2N3O2S. The summed E-state index contributed by atoms with van der Waals surface area (Å²) >= 11 is 13.3. The molecular weight excluding hydrogens is 369 g/mol. The number of rotatable bonds is 5. The van der Waals surface area contributed by atoms with E-state index in [0.29, 0.717) is 32.3 Å². The summed E-state index contributed by atoms with van der Waals surface area (Å²) in [5.74, 6) is 0.525. The predicted octanol–water partition coefficient (Wildman–Crippen LogP) is 4.77. The van der Waals surface area contributed by atoms with Gasteiger partial charge in [-0.3, -0.25) is 4.79 Å². The Morgan fingerprint density at radius 3 is 2.67 bits per heavy atom. The number of nitrogens with one attached hydrogen (secondary N) is 1. The van der Waals surface area contributed by atoms with Gasteiger partial charge in [-0.15, -0.1) is 0 Å². The van der Waals surface area contributed by atoms with Crippen LogP contribution in [0.2, 0.25) is 10.0 Å². The van der Waals surface area contributed by atoms with Gasteiger partial charge in [0, 0.05) is 6.20 Å². The minimum Gasteiger partial charge on any atom is -0.463 e. The molecule has 2 aromatic heterocycles. The molecule has 0 fully saturated rings. The molecule has 0 saturated heterocycles. The first-order valence-corrected chi connectivity index (χ1v) is 8.61. The number of nitrogens with zero attached hydrogens (tertiary/aromatic N) is 2. The molecule has 8 heteroatoms. The fourth-order valence-electron chi connectivity index (χ4n) is 1.89. The summed E-state index contributed by atoms with van der Waals surface area (Å²) in [6.07, 6.45) is 3.20. The molecule has 5 nitrogen and oxygen atoms in total. The lowest BCUT2D eigenvalue weighted by Gasteiger charge is -2.08. The second-order valence-corrected chi connectivity index (χ2v) is 6.39. The lowest BCUT2D eigenvalue weighted by Crippen LogP contribution is -2.15. The highest BCUT2D eigenvalue weighted by Crippen LogP contribution is 2.30. The number of anilines is 1. The van der Waals surface area contributed by atoms with Crippen LogP contribution in [0.3, 0.4) is 0 Å². The quantitative estimate of drug-likeness (QED) is 0.510. The van der Waals surface area contributed by atoms with Crippen molar-refractivity contribution in [2.24, 2.45) is 0 Å². The fraction of sp³-hybridized carbons (Fsp3) is 0.0625. The van der Waals surface area contributed by atoms with E-state index in [4.69, 9.17) is 27.6 Å². The van der Waals surface area contributed by atoms with E-state index in [1.54, 1.807) is 42.8 Å². The van der Waals surface area contributed by atoms with Gasteiger partial charge in [0.05, 0.1) is 27.7 Å². The Morgan fingerprint density at radius 2 is 1.96 bits per heavy atom. The topological polar surface area (TPSA) is 68.0 Å². The highest BCUT2D eigenvalue weighted by molar-refractivity contribution is 7.99. The van der Waals surface area contributed by atoms with E-state index in [-0.39, 0.29) is 11.7 Å². The van der Waals surface area contributed by atoms with Gasteiger partial charge >= 0.3 is 0 Å². The van der Waals surface area contributed by atoms with Crippen LogP contribution in [-0.2, 0) is 4.79 Å². The number of para-hydroxylation sites is 1. The Kier molecular flexibility index (Phi) is 5.40. The molecule has 122 valence electrons. The summed E-state index contributed by atoms with van der Waals surface area (Å²) in [5, 5.41) is 3.94. The molecule has 0 bridgehead atoms. The first-order chi connectivity index (χ1) is 11.6. The van der Waals surface area contributed by atoms with Crippen LogP contribution in [0.1, 0.15) is 0 Å². The predicted molar refractivity (Wildman–Crippen MR) is 95.5 cm³/mol. The normalized spacial score (nSPS) is 10.6. The first kappa shape index (κ1) is 16.8. The van der Waals surface area contributed by atoms with Gasteiger partial charge < -0.3 is 9.73 Å². The standard InChI is InChI=1S/C16H11Cl2N3O2S/c17-10-3-1-4-11(18)15(10)21-14(22)9-24-16-19-7-6-12(20-16)13-5-2-8-23-13/h1-8H,9H2,(H,21,22). The van der Waals surface area contributed by atoms with Gasteiger partial charge in [0.15, 0.2) is 10.9 Å². The average molecular weight is 380 g/mol. The molecule has 3 aromatic rings. The zero-order valence-corrected chi connectivity index (χ0v) is 14.5. The molecule has 0 saturated carbocycles. The zero-order chi connectivity index (χ0) is 16.9. The molecule has 1 N–H and O–H groups in total. The van der Waals surface area contributed by atoms with Gasteiger partial charge in [-0.05, 0) is 30.3 Å². The third-order valence-corrected chi connectivity index (χ3v) is 4.46. The monoisotopic (exact) mass is 379 g/mol. The molecule has 0 aliphatic rings. The van der Waals surface area contributed by atoms with Crippen molar-refractivity contribution in [1.82, 2.24) is 9.97 Å². The van der Waals surface area contributed by atoms with Crippen molar-refractivity contribution in [1.29, 1.82) is 0 Å². The van der Waals surface area contributed by atoms with Crippen molar-refractivity contribution in [2.45, 2.75) is 5.16 Å². The lowest BCUT2D eigenvalue weighted by molar-refractivity contribution is -0.113. The molecule has 0 aliphatic carbocycles. The average Bonchev–Trinajstić information content (AvgIpc) is 3.11. The molecule has 24 heavy (non-hydrogen) atoms. The first-order valence-electron chi connectivity index (χ1n) is 6.87. The van der Waals surface area contributed by atoms with E-state index in [1.165, 1.54) is 11.8 Å². The summed E-state index contributed by atoms with van der Waals surface area (Å²) in [4.78, 5) is 20.6. The molecule has 0 unspecified atom stereocenters. The Morgan fingerprint density at radius 1 is 1.17 bits per heavy atom. The highest BCUT2D eigenvalue weighted by atomic mass is 35.5. The van der Waals surface area contributed by atoms with Crippen molar-refractivity contribution in [2.75, 3.05) is 11.1 Å². The van der Waals surface area contributed by atoms with Crippen LogP contribution in [0.25, 0.3) is 11.5 Å². The maximum Gasteiger partial charge on any atom is 0.234 e. The minimum atomic E-state index is -0.248. The van der Waals surface area contributed by atoms with Crippen LogP contribution in [0, 0.1) is 0 Å². The Labute approximate surface area is 152 Å². The van der Waals surface area contributed by atoms with Crippen LogP contribution >= 0.6 is 35.0 Å². The van der Waals surface area contributed by atoms with Crippen LogP contribution in [0.5, 0.6) is 0 Å². The van der Waals surface area contributed by atoms with Gasteiger partial charge in [0.1, 0.15) is 5.69 Å². The third kappa shape index (κ3) is 4.08. The Balaban J connectivity index is 1.64. The largest absolute Gasteiger partial charge is 0.463 e. The smallest absolute Gasteiger partial charge is 0.234 e. The summed E-state index contributed by atoms with van der Waals surface area (Å²) in [6.45, 7) is 0. The van der Waals surface area contributed by atoms with Gasteiger partial charge in [-0.2, -0.15) is 0 Å². The molecule has 0 atom stereocenters. The highest BCUT2D eigenvalue weighted by Gasteiger charge is 2.11. The number of amides is 1. The number of hydrogen-bond donors (Lipinski definition) is 1. The van der Waals surface area contributed by atoms with Crippen molar-refractivity contribution in [3.63, 3.8) is 0 Å². The van der Waals surface area contributed by atoms with E-state index in [0.717, 1.165) is 0 Å². The van der Waals surface area contributed by atoms with Gasteiger partial charge in [0.25, 0.3) is 0 Å². The minimum absolute atomic E-state index is 0.128. The maximum atomic E-state index is 12.1. The van der Waals surface area contributed by atoms with Gasteiger partial charge in [-0.1, -0.05) is 41.0 Å². The van der Waals surface area contributed by atoms with Crippen LogP contribution < -0.4 is 5.32 Å². The molecule has 3 rings (SSSR count). The number of benzene rings is 1. The van der Waals surface area contributed by atoms with Crippen LogP contribution in [0.4, 0.5) is 5.69 Å². The summed E-state index contributed by atoms with van der Waals surface area (Å²) in [5.41, 5.74) is 1.06. The molecule has 1 aromatic carbocycles. The zero-order valence-electron chi connectivity index (χ0n) is 12.2. The second kappa shape index (κ2) is 7.70. The number of carbonyl (C=O) groups excluding carboxylic acids is 1. The lowest BCUT2D eigenvalue weighted by atomic mass is 10.3. The Bertz CT molecular complexity index is 836. The van der Waals surface area contributed by atoms with Crippen molar-refractivity contribution in [3.05, 3.63) is 58.9 Å². The summed E-state index contributed by atoms with van der Waals surface area (Å²) in [6, 6.07) is 10.4. The SMILES string of the molecule is O=C(CSc1nccc(-c2ccco2)n1)Nc1c(Cl)cccc1Cl. The molecule has 0 radical (unpaired) electrons. The number of furan rings is 1. The van der Waals surface area contributed by atoms with E-state index < -0.39 is 0 Å². The number of carbonyl (C=O) groups is 1. The Hall–Kier alpha value is -2.02. The van der Waals surface area contributed by atoms with E-state index in [2.05, 4.69) is 15.3 Å². The number of thioether (sulfide) groups is 1. The van der Waals surface area contributed by atoms with E-state index in [1.807, 2.05) is 6.07 Å². The van der Waals surface area contributed by atoms with Crippen LogP contribution in [-0.4, -0.2) is 21.6 Å². The third-order valence-electron chi connectivity index (χ3n) is 2.97. The van der Waals surface area contributed by atoms with Gasteiger partial charge in [-0.25, -0.2) is 9.97 Å². The molecule has 0 spiro atoms. The number of hydrogen-bond acceptors (Lipinski definition) is 5. The molecule has 0 aliphatic heterocycles. The second-order valence-electron chi connectivity index (χ2n) is 4.64. The summed E-state index contributed by atoms with van der Waals surface area (Å²) in [7, 11) is 0.